The number of carbonyl (C=O) groups is 1. The fourth-order valence-electron chi connectivity index (χ4n) is 1.62. The molecule has 0 saturated carbocycles. The van der Waals surface area contributed by atoms with Crippen LogP contribution in [-0.4, -0.2) is 37.4 Å². The van der Waals surface area contributed by atoms with Crippen LogP contribution in [0.5, 0.6) is 0 Å². The summed E-state index contributed by atoms with van der Waals surface area (Å²) in [5.41, 5.74) is 0.697. The Bertz CT molecular complexity index is 643. The van der Waals surface area contributed by atoms with Gasteiger partial charge in [-0.15, -0.1) is 11.3 Å². The molecule has 0 spiro atoms. The van der Waals surface area contributed by atoms with E-state index in [0.717, 1.165) is 0 Å². The first-order valence-corrected chi connectivity index (χ1v) is 9.25. The average Bonchev–Trinajstić information content (AvgIpc) is 2.94. The van der Waals surface area contributed by atoms with Crippen LogP contribution in [0.25, 0.3) is 10.8 Å². The van der Waals surface area contributed by atoms with E-state index in [1.807, 2.05) is 19.2 Å². The molecule has 0 aliphatic carbocycles. The van der Waals surface area contributed by atoms with Crippen LogP contribution >= 0.6 is 11.3 Å². The second kappa shape index (κ2) is 8.09. The zero-order valence-corrected chi connectivity index (χ0v) is 14.1. The van der Waals surface area contributed by atoms with Gasteiger partial charge in [-0.05, 0) is 12.0 Å². The molecule has 0 aliphatic heterocycles. The van der Waals surface area contributed by atoms with Gasteiger partial charge >= 0.3 is 0 Å². The van der Waals surface area contributed by atoms with Crippen molar-refractivity contribution in [1.82, 2.24) is 20.3 Å². The van der Waals surface area contributed by atoms with Gasteiger partial charge in [0.15, 0.2) is 10.8 Å². The molecule has 2 aromatic rings. The molecule has 22 heavy (non-hydrogen) atoms. The molecule has 0 bridgehead atoms. The summed E-state index contributed by atoms with van der Waals surface area (Å²) >= 11 is 1.41. The third kappa shape index (κ3) is 5.27. The van der Waals surface area contributed by atoms with Gasteiger partial charge in [-0.3, -0.25) is 9.00 Å². The first-order chi connectivity index (χ1) is 10.5. The Kier molecular flexibility index (Phi) is 6.14. The van der Waals surface area contributed by atoms with Crippen molar-refractivity contribution in [2.75, 3.05) is 12.3 Å². The molecule has 0 unspecified atom stereocenters. The van der Waals surface area contributed by atoms with Gasteiger partial charge in [0.1, 0.15) is 5.75 Å². The lowest BCUT2D eigenvalue weighted by molar-refractivity contribution is -0.118. The number of aromatic nitrogens is 3. The number of rotatable bonds is 7. The Morgan fingerprint density at radius 2 is 2.09 bits per heavy atom. The van der Waals surface area contributed by atoms with Crippen LogP contribution < -0.4 is 5.32 Å². The number of amides is 1. The van der Waals surface area contributed by atoms with Crippen molar-refractivity contribution < 1.29 is 9.00 Å². The number of hydrogen-bond acceptors (Lipinski definition) is 6. The largest absolute Gasteiger partial charge is 0.355 e. The molecule has 6 nitrogen and oxygen atoms in total. The predicted octanol–water partition coefficient (Wildman–Crippen LogP) is 1.62. The number of nitrogens with zero attached hydrogens (tertiary/aromatic N) is 3. The quantitative estimate of drug-likeness (QED) is 0.829. The number of thiazole rings is 1. The van der Waals surface area contributed by atoms with Crippen molar-refractivity contribution >= 4 is 28.0 Å². The van der Waals surface area contributed by atoms with E-state index < -0.39 is 10.8 Å². The highest BCUT2D eigenvalue weighted by atomic mass is 32.2. The summed E-state index contributed by atoms with van der Waals surface area (Å²) in [5, 5.41) is 5.28. The number of hydrogen-bond donors (Lipinski definition) is 1. The second-order valence-electron chi connectivity index (χ2n) is 5.14. The average molecular weight is 338 g/mol. The van der Waals surface area contributed by atoms with Gasteiger partial charge in [0, 0.05) is 35.1 Å². The highest BCUT2D eigenvalue weighted by Gasteiger charge is 2.12. The van der Waals surface area contributed by atoms with Gasteiger partial charge in [0.05, 0.1) is 11.4 Å². The molecule has 0 radical (unpaired) electrons. The molecular formula is C14H18N4O2S2. The standard InChI is InChI=1S/C14H18N4O2S2/c1-10(2)6-17-12(19)9-22(20)8-11-7-21-14(18-11)13-15-4-3-5-16-13/h3-5,7,10H,6,8-9H2,1-2H3,(H,17,19)/t22-/m0/s1. The van der Waals surface area contributed by atoms with E-state index in [4.69, 9.17) is 0 Å². The van der Waals surface area contributed by atoms with Crippen LogP contribution in [0.3, 0.4) is 0 Å². The summed E-state index contributed by atoms with van der Waals surface area (Å²) in [5.74, 6) is 1.01. The summed E-state index contributed by atoms with van der Waals surface area (Å²) in [6.07, 6.45) is 3.31. The molecule has 0 fully saturated rings. The molecular weight excluding hydrogens is 320 g/mol. The highest BCUT2D eigenvalue weighted by Crippen LogP contribution is 2.20. The SMILES string of the molecule is CC(C)CNC(=O)C[S@@](=O)Cc1csc(-c2ncccn2)n1. The Balaban J connectivity index is 1.87. The van der Waals surface area contributed by atoms with Crippen LogP contribution in [0.4, 0.5) is 0 Å². The zero-order valence-electron chi connectivity index (χ0n) is 12.5. The van der Waals surface area contributed by atoms with E-state index in [1.165, 1.54) is 11.3 Å². The minimum Gasteiger partial charge on any atom is -0.355 e. The number of nitrogens with one attached hydrogen (secondary N) is 1. The van der Waals surface area contributed by atoms with Crippen LogP contribution in [0, 0.1) is 5.92 Å². The van der Waals surface area contributed by atoms with Gasteiger partial charge in [0.25, 0.3) is 0 Å². The van der Waals surface area contributed by atoms with E-state index >= 15 is 0 Å². The van der Waals surface area contributed by atoms with E-state index in [0.29, 0.717) is 29.0 Å². The van der Waals surface area contributed by atoms with Crippen LogP contribution in [-0.2, 0) is 21.3 Å². The molecule has 2 heterocycles. The Hall–Kier alpha value is -1.67. The van der Waals surface area contributed by atoms with E-state index in [1.54, 1.807) is 18.5 Å². The molecule has 0 saturated heterocycles. The van der Waals surface area contributed by atoms with Crippen molar-refractivity contribution in [2.45, 2.75) is 19.6 Å². The van der Waals surface area contributed by atoms with Crippen molar-refractivity contribution in [2.24, 2.45) is 5.92 Å². The summed E-state index contributed by atoms with van der Waals surface area (Å²) in [6, 6.07) is 1.74. The number of carbonyl (C=O) groups excluding carboxylic acids is 1. The van der Waals surface area contributed by atoms with Gasteiger partial charge < -0.3 is 5.32 Å². The maximum absolute atomic E-state index is 12.0. The fraction of sp³-hybridized carbons (Fsp3) is 0.429. The zero-order chi connectivity index (χ0) is 15.9. The normalized spacial score (nSPS) is 12.3. The third-order valence-electron chi connectivity index (χ3n) is 2.62. The highest BCUT2D eigenvalue weighted by molar-refractivity contribution is 7.84. The Morgan fingerprint density at radius 3 is 2.77 bits per heavy atom. The lowest BCUT2D eigenvalue weighted by atomic mass is 10.2. The maximum atomic E-state index is 12.0. The smallest absolute Gasteiger partial charge is 0.232 e. The minimum absolute atomic E-state index is 0.00141. The minimum atomic E-state index is -1.27. The molecule has 1 atom stereocenters. The summed E-state index contributed by atoms with van der Waals surface area (Å²) in [4.78, 5) is 24.3. The first-order valence-electron chi connectivity index (χ1n) is 6.88. The van der Waals surface area contributed by atoms with Gasteiger partial charge in [0.2, 0.25) is 5.91 Å². The summed E-state index contributed by atoms with van der Waals surface area (Å²) in [6.45, 7) is 4.63. The van der Waals surface area contributed by atoms with Crippen molar-refractivity contribution in [3.05, 3.63) is 29.5 Å². The van der Waals surface area contributed by atoms with Crippen molar-refractivity contribution in [3.8, 4) is 10.8 Å². The molecule has 1 amide bonds. The molecule has 0 aliphatic rings. The van der Waals surface area contributed by atoms with Gasteiger partial charge in [-0.2, -0.15) is 0 Å². The van der Waals surface area contributed by atoms with Crippen LogP contribution in [0.15, 0.2) is 23.8 Å². The first kappa shape index (κ1) is 16.7. The van der Waals surface area contributed by atoms with E-state index in [-0.39, 0.29) is 17.4 Å². The molecule has 1 N–H and O–H groups in total. The lowest BCUT2D eigenvalue weighted by Gasteiger charge is -2.06. The van der Waals surface area contributed by atoms with Crippen molar-refractivity contribution in [1.29, 1.82) is 0 Å². The topological polar surface area (TPSA) is 84.8 Å². The van der Waals surface area contributed by atoms with Crippen LogP contribution in [0.2, 0.25) is 0 Å². The molecule has 2 aromatic heterocycles. The van der Waals surface area contributed by atoms with Gasteiger partial charge in [-0.1, -0.05) is 13.8 Å². The molecule has 118 valence electrons. The summed E-state index contributed by atoms with van der Waals surface area (Å²) in [7, 11) is -1.27. The third-order valence-corrected chi connectivity index (χ3v) is 4.71. The fourth-order valence-corrected chi connectivity index (χ4v) is 3.46. The van der Waals surface area contributed by atoms with Gasteiger partial charge in [-0.25, -0.2) is 15.0 Å². The molecule has 2 rings (SSSR count). The second-order valence-corrected chi connectivity index (χ2v) is 7.46. The summed E-state index contributed by atoms with van der Waals surface area (Å²) < 4.78 is 12.0. The van der Waals surface area contributed by atoms with E-state index in [9.17, 15) is 9.00 Å². The van der Waals surface area contributed by atoms with E-state index in [2.05, 4.69) is 20.3 Å². The predicted molar refractivity (Wildman–Crippen MR) is 87.7 cm³/mol. The molecule has 8 heteroatoms. The van der Waals surface area contributed by atoms with Crippen molar-refractivity contribution in [3.63, 3.8) is 0 Å². The molecule has 0 aromatic carbocycles. The Labute approximate surface area is 135 Å². The maximum Gasteiger partial charge on any atom is 0.232 e. The van der Waals surface area contributed by atoms with Crippen LogP contribution in [0.1, 0.15) is 19.5 Å². The Morgan fingerprint density at radius 1 is 1.36 bits per heavy atom. The monoisotopic (exact) mass is 338 g/mol. The lowest BCUT2D eigenvalue weighted by Crippen LogP contribution is -2.31.